The Morgan fingerprint density at radius 2 is 1.64 bits per heavy atom. The van der Waals surface area contributed by atoms with Gasteiger partial charge in [0.05, 0.1) is 13.7 Å². The molecule has 1 aliphatic heterocycles. The lowest BCUT2D eigenvalue weighted by Gasteiger charge is -2.32. The Balaban J connectivity index is 1.40. The first kappa shape index (κ1) is 35.8. The molecule has 2 heterocycles. The number of benzene rings is 1. The summed E-state index contributed by atoms with van der Waals surface area (Å²) < 4.78 is 18.7. The Hall–Kier alpha value is -2.46. The minimum Gasteiger partial charge on any atom is -0.493 e. The smallest absolute Gasteiger partial charge is 0.161 e. The first-order valence-corrected chi connectivity index (χ1v) is 19.5. The van der Waals surface area contributed by atoms with Gasteiger partial charge in [-0.3, -0.25) is 0 Å². The predicted molar refractivity (Wildman–Crippen MR) is 198 cm³/mol. The Kier molecular flexibility index (Phi) is 14.0. The summed E-state index contributed by atoms with van der Waals surface area (Å²) in [4.78, 5) is 2.56. The molecule has 1 atom stereocenters. The first-order valence-electron chi connectivity index (χ1n) is 19.5. The predicted octanol–water partition coefficient (Wildman–Crippen LogP) is 12.0. The summed E-state index contributed by atoms with van der Waals surface area (Å²) in [5.74, 6) is 6.47. The van der Waals surface area contributed by atoms with Crippen molar-refractivity contribution in [2.45, 2.75) is 137 Å². The van der Waals surface area contributed by atoms with Gasteiger partial charge in [0.1, 0.15) is 11.5 Å². The van der Waals surface area contributed by atoms with Crippen molar-refractivity contribution in [2.75, 3.05) is 33.4 Å². The summed E-state index contributed by atoms with van der Waals surface area (Å²) in [6.07, 6.45) is 24.5. The van der Waals surface area contributed by atoms with Crippen molar-refractivity contribution in [1.82, 2.24) is 4.90 Å². The van der Waals surface area contributed by atoms with E-state index in [0.29, 0.717) is 0 Å². The lowest BCUT2D eigenvalue weighted by atomic mass is 9.73. The molecule has 47 heavy (non-hydrogen) atoms. The van der Waals surface area contributed by atoms with Crippen molar-refractivity contribution in [3.63, 3.8) is 0 Å². The van der Waals surface area contributed by atoms with E-state index in [-0.39, 0.29) is 0 Å². The normalized spacial score (nSPS) is 23.2. The molecule has 1 aromatic carbocycles. The molecular weight excluding hydrogens is 578 g/mol. The van der Waals surface area contributed by atoms with E-state index < -0.39 is 0 Å². The number of allylic oxidation sites excluding steroid dienone is 4. The number of likely N-dealkylation sites (tertiary alicyclic amines) is 1. The van der Waals surface area contributed by atoms with Crippen LogP contribution >= 0.6 is 0 Å². The molecule has 2 fully saturated rings. The minimum atomic E-state index is 0.725. The molecule has 0 spiro atoms. The number of rotatable bonds is 15. The molecule has 260 valence electrons. The average molecular weight is 644 g/mol. The van der Waals surface area contributed by atoms with Gasteiger partial charge in [0.25, 0.3) is 0 Å². The second-order valence-corrected chi connectivity index (χ2v) is 15.1. The van der Waals surface area contributed by atoms with E-state index >= 15 is 0 Å². The second-order valence-electron chi connectivity index (χ2n) is 15.1. The van der Waals surface area contributed by atoms with Crippen LogP contribution in [-0.4, -0.2) is 38.3 Å². The number of furan rings is 1. The molecule has 1 saturated carbocycles. The van der Waals surface area contributed by atoms with E-state index in [9.17, 15) is 0 Å². The molecule has 5 rings (SSSR count). The molecular formula is C43H65NO3. The zero-order valence-corrected chi connectivity index (χ0v) is 30.6. The number of unbranched alkanes of at least 4 members (excludes halogenated alkanes) is 1. The zero-order valence-electron chi connectivity index (χ0n) is 30.6. The van der Waals surface area contributed by atoms with E-state index in [0.717, 1.165) is 86.0 Å². The Morgan fingerprint density at radius 3 is 2.34 bits per heavy atom. The highest BCUT2D eigenvalue weighted by atomic mass is 16.5. The molecule has 0 bridgehead atoms. The van der Waals surface area contributed by atoms with Crippen LogP contribution in [0.4, 0.5) is 0 Å². The van der Waals surface area contributed by atoms with Crippen LogP contribution in [0.5, 0.6) is 11.5 Å². The van der Waals surface area contributed by atoms with E-state index in [1.54, 1.807) is 7.11 Å². The molecule has 1 aromatic heterocycles. The highest BCUT2D eigenvalue weighted by molar-refractivity contribution is 5.89. The van der Waals surface area contributed by atoms with Gasteiger partial charge in [-0.25, -0.2) is 0 Å². The van der Waals surface area contributed by atoms with Crippen molar-refractivity contribution in [3.05, 3.63) is 58.6 Å². The molecule has 0 N–H and O–H groups in total. The maximum absolute atomic E-state index is 6.37. The summed E-state index contributed by atoms with van der Waals surface area (Å²) in [7, 11) is 1.79. The fraction of sp³-hybridized carbons (Fsp3) is 0.674. The van der Waals surface area contributed by atoms with Crippen LogP contribution in [0.2, 0.25) is 0 Å². The lowest BCUT2D eigenvalue weighted by Crippen LogP contribution is -2.22. The molecule has 3 aliphatic rings. The largest absolute Gasteiger partial charge is 0.493 e. The van der Waals surface area contributed by atoms with Crippen LogP contribution in [0.15, 0.2) is 40.3 Å². The van der Waals surface area contributed by atoms with Gasteiger partial charge >= 0.3 is 0 Å². The molecule has 0 amide bonds. The van der Waals surface area contributed by atoms with Crippen LogP contribution in [0.3, 0.4) is 0 Å². The quantitative estimate of drug-likeness (QED) is 0.181. The monoisotopic (exact) mass is 643 g/mol. The Labute approximate surface area is 287 Å². The molecule has 4 nitrogen and oxygen atoms in total. The fourth-order valence-corrected chi connectivity index (χ4v) is 8.80. The van der Waals surface area contributed by atoms with Crippen LogP contribution in [0, 0.1) is 31.6 Å². The van der Waals surface area contributed by atoms with Crippen LogP contribution in [0.1, 0.15) is 146 Å². The van der Waals surface area contributed by atoms with Crippen molar-refractivity contribution >= 4 is 11.1 Å². The third-order valence-electron chi connectivity index (χ3n) is 11.4. The summed E-state index contributed by atoms with van der Waals surface area (Å²) in [6, 6.07) is 8.83. The zero-order chi connectivity index (χ0) is 33.0. The summed E-state index contributed by atoms with van der Waals surface area (Å²) in [5, 5.41) is 0. The molecule has 2 aromatic rings. The second kappa shape index (κ2) is 18.3. The van der Waals surface area contributed by atoms with Gasteiger partial charge in [-0.1, -0.05) is 71.3 Å². The fourth-order valence-electron chi connectivity index (χ4n) is 8.80. The minimum absolute atomic E-state index is 0.725. The molecule has 4 heteroatoms. The maximum atomic E-state index is 6.37. The third kappa shape index (κ3) is 10.0. The van der Waals surface area contributed by atoms with E-state index in [1.807, 2.05) is 0 Å². The standard InChI is InChI=1S/C43H65NO3/c1-6-8-15-39(41-24-17-33(4)47-41)38-23-22-35(30-36-20-18-34(13-7-2)19-21-36)14-11-16-37(38)40-31-42(45-5)43(29-32(40)3)46-28-12-27-44-25-9-10-26-44/h15,17,24,29,31,34-36H,6-14,16,18-23,25-28,30H2,1-5H3/b38-37?,39-15-. The van der Waals surface area contributed by atoms with Gasteiger partial charge in [-0.05, 0) is 149 Å². The highest BCUT2D eigenvalue weighted by Crippen LogP contribution is 2.45. The van der Waals surface area contributed by atoms with E-state index in [4.69, 9.17) is 13.9 Å². The van der Waals surface area contributed by atoms with Crippen LogP contribution in [0.25, 0.3) is 11.1 Å². The number of aryl methyl sites for hydroxylation is 2. The van der Waals surface area contributed by atoms with E-state index in [2.05, 4.69) is 62.9 Å². The highest BCUT2D eigenvalue weighted by Gasteiger charge is 2.27. The third-order valence-corrected chi connectivity index (χ3v) is 11.4. The molecule has 1 unspecified atom stereocenters. The number of hydrogen-bond donors (Lipinski definition) is 0. The van der Waals surface area contributed by atoms with Crippen molar-refractivity contribution in [3.8, 4) is 11.5 Å². The van der Waals surface area contributed by atoms with Crippen LogP contribution in [-0.2, 0) is 0 Å². The SMILES string of the molecule is CCC/C=C(/C1=C(c2cc(OC)c(OCCCN3CCCC3)cc2C)CCCC(CC2CCC(CCC)CC2)CC1)c1ccc(C)o1. The number of nitrogens with zero attached hydrogens (tertiary/aromatic N) is 1. The number of methoxy groups -OCH3 is 1. The molecule has 0 radical (unpaired) electrons. The van der Waals surface area contributed by atoms with Crippen molar-refractivity contribution < 1.29 is 13.9 Å². The molecule has 2 aliphatic carbocycles. The van der Waals surface area contributed by atoms with Crippen LogP contribution < -0.4 is 9.47 Å². The Morgan fingerprint density at radius 1 is 0.872 bits per heavy atom. The summed E-state index contributed by atoms with van der Waals surface area (Å²) in [5.41, 5.74) is 6.89. The van der Waals surface area contributed by atoms with Gasteiger partial charge in [-0.15, -0.1) is 0 Å². The van der Waals surface area contributed by atoms with Gasteiger partial charge in [-0.2, -0.15) is 0 Å². The van der Waals surface area contributed by atoms with Gasteiger partial charge < -0.3 is 18.8 Å². The van der Waals surface area contributed by atoms with Crippen molar-refractivity contribution in [1.29, 1.82) is 0 Å². The first-order chi connectivity index (χ1) is 23.0. The van der Waals surface area contributed by atoms with Gasteiger partial charge in [0.15, 0.2) is 11.5 Å². The maximum Gasteiger partial charge on any atom is 0.161 e. The van der Waals surface area contributed by atoms with Gasteiger partial charge in [0.2, 0.25) is 0 Å². The average Bonchev–Trinajstić information content (AvgIpc) is 3.75. The van der Waals surface area contributed by atoms with Crippen molar-refractivity contribution in [2.24, 2.45) is 17.8 Å². The van der Waals surface area contributed by atoms with Gasteiger partial charge in [0, 0.05) is 12.1 Å². The lowest BCUT2D eigenvalue weighted by molar-refractivity contribution is 0.217. The van der Waals surface area contributed by atoms with E-state index in [1.165, 1.54) is 118 Å². The summed E-state index contributed by atoms with van der Waals surface area (Å²) in [6.45, 7) is 13.3. The Bertz CT molecular complexity index is 1300. The summed E-state index contributed by atoms with van der Waals surface area (Å²) >= 11 is 0. The molecule has 1 saturated heterocycles. The number of hydrogen-bond acceptors (Lipinski definition) is 4. The number of ether oxygens (including phenoxy) is 2. The topological polar surface area (TPSA) is 34.8 Å².